The highest BCUT2D eigenvalue weighted by Crippen LogP contribution is 2.30. The van der Waals surface area contributed by atoms with Gasteiger partial charge in [-0.1, -0.05) is 0 Å². The number of hydrogen-bond donors (Lipinski definition) is 1. The molecule has 24 heavy (non-hydrogen) atoms. The van der Waals surface area contributed by atoms with Crippen LogP contribution in [0.25, 0.3) is 0 Å². The molecule has 8 heteroatoms. The van der Waals surface area contributed by atoms with Gasteiger partial charge in [0.25, 0.3) is 5.91 Å². The molecule has 0 bridgehead atoms. The Hall–Kier alpha value is -2.45. The van der Waals surface area contributed by atoms with Gasteiger partial charge < -0.3 is 14.7 Å². The van der Waals surface area contributed by atoms with E-state index in [-0.39, 0.29) is 23.7 Å². The average molecular weight is 348 g/mol. The second kappa shape index (κ2) is 6.58. The summed E-state index contributed by atoms with van der Waals surface area (Å²) in [4.78, 5) is 24.4. The number of nitrogens with zero attached hydrogens (tertiary/aromatic N) is 2. The van der Waals surface area contributed by atoms with Crippen LogP contribution in [-0.2, 0) is 4.74 Å². The second-order valence-electron chi connectivity index (χ2n) is 5.66. The minimum Gasteiger partial charge on any atom is -0.502 e. The van der Waals surface area contributed by atoms with Crippen molar-refractivity contribution in [2.24, 2.45) is 0 Å². The summed E-state index contributed by atoms with van der Waals surface area (Å²) in [5.41, 5.74) is 0.824. The number of ether oxygens (including phenoxy) is 1. The van der Waals surface area contributed by atoms with Gasteiger partial charge in [0.05, 0.1) is 17.6 Å². The van der Waals surface area contributed by atoms with E-state index in [0.29, 0.717) is 13.1 Å². The van der Waals surface area contributed by atoms with Gasteiger partial charge in [0.15, 0.2) is 5.75 Å². The number of rotatable bonds is 3. The Balaban J connectivity index is 1.81. The molecule has 7 nitrogen and oxygen atoms in total. The summed E-state index contributed by atoms with van der Waals surface area (Å²) in [7, 11) is 0. The zero-order valence-corrected chi connectivity index (χ0v) is 13.7. The topological polar surface area (TPSA) is 92.9 Å². The normalized spacial score (nSPS) is 20.8. The van der Waals surface area contributed by atoms with Crippen LogP contribution in [0.4, 0.5) is 5.69 Å². The van der Waals surface area contributed by atoms with Crippen molar-refractivity contribution in [3.63, 3.8) is 0 Å². The van der Waals surface area contributed by atoms with Crippen LogP contribution >= 0.6 is 11.3 Å². The molecule has 1 aliphatic heterocycles. The number of phenols is 1. The Bertz CT molecular complexity index is 762. The van der Waals surface area contributed by atoms with Crippen LogP contribution in [0, 0.1) is 10.1 Å². The van der Waals surface area contributed by atoms with Gasteiger partial charge in [-0.15, -0.1) is 0 Å². The molecule has 1 aromatic carbocycles. The van der Waals surface area contributed by atoms with Crippen LogP contribution in [0.3, 0.4) is 0 Å². The summed E-state index contributed by atoms with van der Waals surface area (Å²) in [5.74, 6) is -0.794. The fraction of sp³-hybridized carbons (Fsp3) is 0.312. The molecule has 1 N–H and O–H groups in total. The summed E-state index contributed by atoms with van der Waals surface area (Å²) < 4.78 is 5.90. The molecule has 0 spiro atoms. The van der Waals surface area contributed by atoms with E-state index in [1.54, 1.807) is 16.2 Å². The van der Waals surface area contributed by atoms with E-state index >= 15 is 0 Å². The molecular weight excluding hydrogens is 332 g/mol. The summed E-state index contributed by atoms with van der Waals surface area (Å²) >= 11 is 1.57. The van der Waals surface area contributed by atoms with Gasteiger partial charge in [0, 0.05) is 18.2 Å². The lowest BCUT2D eigenvalue weighted by Crippen LogP contribution is -2.45. The zero-order chi connectivity index (χ0) is 17.3. The minimum atomic E-state index is -0.688. The van der Waals surface area contributed by atoms with E-state index in [1.807, 2.05) is 23.8 Å². The lowest BCUT2D eigenvalue weighted by Gasteiger charge is -2.36. The third kappa shape index (κ3) is 3.24. The Morgan fingerprint density at radius 2 is 2.21 bits per heavy atom. The molecular formula is C16H16N2O5S. The quantitative estimate of drug-likeness (QED) is 0.680. The van der Waals surface area contributed by atoms with Crippen molar-refractivity contribution in [3.8, 4) is 5.75 Å². The third-order valence-electron chi connectivity index (χ3n) is 3.88. The van der Waals surface area contributed by atoms with Crippen molar-refractivity contribution in [2.75, 3.05) is 13.1 Å². The standard InChI is InChI=1S/C16H16N2O5S/c1-10-7-17(8-15(23-10)12-4-5-24-9-12)16(20)11-2-3-13(18(21)22)14(19)6-11/h2-6,9-10,15,19H,7-8H2,1H3. The van der Waals surface area contributed by atoms with Crippen molar-refractivity contribution in [2.45, 2.75) is 19.1 Å². The molecule has 1 amide bonds. The fourth-order valence-corrected chi connectivity index (χ4v) is 3.45. The van der Waals surface area contributed by atoms with Crippen LogP contribution in [-0.4, -0.2) is 40.0 Å². The highest BCUT2D eigenvalue weighted by atomic mass is 32.1. The largest absolute Gasteiger partial charge is 0.502 e. The van der Waals surface area contributed by atoms with E-state index < -0.39 is 16.4 Å². The number of carbonyl (C=O) groups excluding carboxylic acids is 1. The average Bonchev–Trinajstić information content (AvgIpc) is 3.07. The Morgan fingerprint density at radius 1 is 1.42 bits per heavy atom. The fourth-order valence-electron chi connectivity index (χ4n) is 2.75. The summed E-state index contributed by atoms with van der Waals surface area (Å²) in [6.07, 6.45) is -0.324. The maximum absolute atomic E-state index is 12.7. The zero-order valence-electron chi connectivity index (χ0n) is 12.9. The van der Waals surface area contributed by atoms with Gasteiger partial charge in [-0.25, -0.2) is 0 Å². The molecule has 2 heterocycles. The first-order chi connectivity index (χ1) is 11.5. The molecule has 2 atom stereocenters. The van der Waals surface area contributed by atoms with Gasteiger partial charge >= 0.3 is 5.69 Å². The number of amides is 1. The molecule has 2 aromatic rings. The van der Waals surface area contributed by atoms with Crippen molar-refractivity contribution >= 4 is 22.9 Å². The minimum absolute atomic E-state index is 0.126. The van der Waals surface area contributed by atoms with E-state index in [4.69, 9.17) is 4.74 Å². The highest BCUT2D eigenvalue weighted by Gasteiger charge is 2.30. The Labute approximate surface area is 142 Å². The lowest BCUT2D eigenvalue weighted by molar-refractivity contribution is -0.385. The number of aromatic hydroxyl groups is 1. The monoisotopic (exact) mass is 348 g/mol. The SMILES string of the molecule is CC1CN(C(=O)c2ccc([N+](=O)[O-])c(O)c2)CC(c2ccsc2)O1. The first-order valence-corrected chi connectivity index (χ1v) is 8.34. The number of thiophene rings is 1. The molecule has 0 aliphatic carbocycles. The van der Waals surface area contributed by atoms with E-state index in [2.05, 4.69) is 0 Å². The van der Waals surface area contributed by atoms with E-state index in [9.17, 15) is 20.0 Å². The first kappa shape index (κ1) is 16.4. The van der Waals surface area contributed by atoms with Crippen LogP contribution in [0.2, 0.25) is 0 Å². The van der Waals surface area contributed by atoms with Gasteiger partial charge in [0.1, 0.15) is 6.10 Å². The van der Waals surface area contributed by atoms with Gasteiger partial charge in [0.2, 0.25) is 0 Å². The van der Waals surface area contributed by atoms with Crippen molar-refractivity contribution < 1.29 is 19.6 Å². The molecule has 1 aliphatic rings. The lowest BCUT2D eigenvalue weighted by atomic mass is 10.1. The van der Waals surface area contributed by atoms with Crippen LogP contribution in [0.15, 0.2) is 35.0 Å². The predicted octanol–water partition coefficient (Wildman–Crippen LogP) is 2.96. The van der Waals surface area contributed by atoms with Gasteiger partial charge in [-0.05, 0) is 41.4 Å². The molecule has 1 saturated heterocycles. The van der Waals surface area contributed by atoms with Crippen molar-refractivity contribution in [1.82, 2.24) is 4.90 Å². The number of nitro groups is 1. The first-order valence-electron chi connectivity index (χ1n) is 7.40. The van der Waals surface area contributed by atoms with E-state index in [0.717, 1.165) is 17.7 Å². The molecule has 2 unspecified atom stereocenters. The van der Waals surface area contributed by atoms with Gasteiger partial charge in [-0.2, -0.15) is 11.3 Å². The number of nitro benzene ring substituents is 1. The maximum atomic E-state index is 12.7. The van der Waals surface area contributed by atoms with E-state index in [1.165, 1.54) is 6.07 Å². The third-order valence-corrected chi connectivity index (χ3v) is 4.58. The van der Waals surface area contributed by atoms with Crippen LogP contribution < -0.4 is 0 Å². The Morgan fingerprint density at radius 3 is 2.83 bits per heavy atom. The molecule has 126 valence electrons. The molecule has 3 rings (SSSR count). The number of benzene rings is 1. The predicted molar refractivity (Wildman–Crippen MR) is 88.3 cm³/mol. The van der Waals surface area contributed by atoms with Crippen LogP contribution in [0.5, 0.6) is 5.75 Å². The molecule has 1 fully saturated rings. The highest BCUT2D eigenvalue weighted by molar-refractivity contribution is 7.07. The number of carbonyl (C=O) groups is 1. The van der Waals surface area contributed by atoms with Crippen molar-refractivity contribution in [1.29, 1.82) is 0 Å². The summed E-state index contributed by atoms with van der Waals surface area (Å²) in [6.45, 7) is 2.72. The summed E-state index contributed by atoms with van der Waals surface area (Å²) in [6, 6.07) is 5.61. The molecule has 0 radical (unpaired) electrons. The molecule has 0 saturated carbocycles. The number of phenolic OH excluding ortho intramolecular Hbond substituents is 1. The number of hydrogen-bond acceptors (Lipinski definition) is 6. The van der Waals surface area contributed by atoms with Gasteiger partial charge in [-0.3, -0.25) is 14.9 Å². The van der Waals surface area contributed by atoms with Crippen molar-refractivity contribution in [3.05, 3.63) is 56.3 Å². The number of morpholine rings is 1. The Kier molecular flexibility index (Phi) is 4.50. The smallest absolute Gasteiger partial charge is 0.310 e. The second-order valence-corrected chi connectivity index (χ2v) is 6.44. The maximum Gasteiger partial charge on any atom is 0.310 e. The van der Waals surface area contributed by atoms with Crippen LogP contribution in [0.1, 0.15) is 28.9 Å². The molecule has 1 aromatic heterocycles. The summed E-state index contributed by atoms with van der Waals surface area (Å²) in [5, 5.41) is 24.4.